The van der Waals surface area contributed by atoms with Crippen molar-refractivity contribution in [2.24, 2.45) is 5.92 Å². The average Bonchev–Trinajstić information content (AvgIpc) is 2.92. The Morgan fingerprint density at radius 3 is 2.62 bits per heavy atom. The summed E-state index contributed by atoms with van der Waals surface area (Å²) in [4.78, 5) is 5.89. The number of hydrogen-bond acceptors (Lipinski definition) is 3. The van der Waals surface area contributed by atoms with E-state index in [9.17, 15) is 0 Å². The first kappa shape index (κ1) is 14.2. The molecule has 1 unspecified atom stereocenters. The molecular weight excluding hydrogens is 276 g/mol. The summed E-state index contributed by atoms with van der Waals surface area (Å²) in [6, 6.07) is 6.43. The lowest BCUT2D eigenvalue weighted by Gasteiger charge is -2.28. The predicted octanol–water partition coefficient (Wildman–Crippen LogP) is 4.15. The molecule has 1 aromatic heterocycles. The maximum absolute atomic E-state index is 3.63. The van der Waals surface area contributed by atoms with Gasteiger partial charge in [0.25, 0.3) is 0 Å². The Labute approximate surface area is 132 Å². The van der Waals surface area contributed by atoms with Gasteiger partial charge in [0.15, 0.2) is 0 Å². The van der Waals surface area contributed by atoms with Crippen molar-refractivity contribution in [3.8, 4) is 0 Å². The molecule has 1 N–H and O–H groups in total. The normalized spacial score (nSPS) is 27.7. The highest BCUT2D eigenvalue weighted by Crippen LogP contribution is 2.36. The van der Waals surface area contributed by atoms with E-state index >= 15 is 0 Å². The number of nitrogens with one attached hydrogen (secondary N) is 1. The molecule has 3 fully saturated rings. The SMILES string of the molecule is c1cc(CN2CCCC2C2CCCC2)sc1CNC1CC1. The van der Waals surface area contributed by atoms with Crippen molar-refractivity contribution < 1.29 is 0 Å². The molecule has 0 spiro atoms. The lowest BCUT2D eigenvalue weighted by Crippen LogP contribution is -2.33. The number of thiophene rings is 1. The van der Waals surface area contributed by atoms with Gasteiger partial charge in [0.2, 0.25) is 0 Å². The van der Waals surface area contributed by atoms with Gasteiger partial charge in [-0.05, 0) is 63.1 Å². The van der Waals surface area contributed by atoms with Crippen molar-refractivity contribution in [2.75, 3.05) is 6.54 Å². The first-order chi connectivity index (χ1) is 10.4. The highest BCUT2D eigenvalue weighted by molar-refractivity contribution is 7.11. The van der Waals surface area contributed by atoms with Crippen molar-refractivity contribution in [1.82, 2.24) is 10.2 Å². The molecule has 1 aromatic rings. The molecule has 4 rings (SSSR count). The number of hydrogen-bond donors (Lipinski definition) is 1. The minimum atomic E-state index is 0.820. The highest BCUT2D eigenvalue weighted by Gasteiger charge is 2.33. The molecule has 0 amide bonds. The minimum Gasteiger partial charge on any atom is -0.309 e. The zero-order valence-electron chi connectivity index (χ0n) is 13.0. The number of nitrogens with zero attached hydrogens (tertiary/aromatic N) is 1. The van der Waals surface area contributed by atoms with Crippen LogP contribution in [0.4, 0.5) is 0 Å². The van der Waals surface area contributed by atoms with Crippen molar-refractivity contribution >= 4 is 11.3 Å². The number of rotatable bonds is 6. The predicted molar refractivity (Wildman–Crippen MR) is 89.6 cm³/mol. The molecule has 2 heterocycles. The van der Waals surface area contributed by atoms with E-state index in [-0.39, 0.29) is 0 Å². The summed E-state index contributed by atoms with van der Waals surface area (Å²) in [6.07, 6.45) is 11.6. The zero-order chi connectivity index (χ0) is 14.1. The average molecular weight is 305 g/mol. The van der Waals surface area contributed by atoms with Crippen molar-refractivity contribution in [3.05, 3.63) is 21.9 Å². The van der Waals surface area contributed by atoms with Crippen LogP contribution in [-0.4, -0.2) is 23.5 Å². The van der Waals surface area contributed by atoms with Gasteiger partial charge in [-0.2, -0.15) is 0 Å². The fourth-order valence-electron chi connectivity index (χ4n) is 4.26. The largest absolute Gasteiger partial charge is 0.309 e. The first-order valence-electron chi connectivity index (χ1n) is 8.93. The smallest absolute Gasteiger partial charge is 0.0331 e. The molecule has 0 aromatic carbocycles. The van der Waals surface area contributed by atoms with Gasteiger partial charge in [0.05, 0.1) is 0 Å². The van der Waals surface area contributed by atoms with E-state index in [1.54, 1.807) is 4.88 Å². The van der Waals surface area contributed by atoms with Gasteiger partial charge in [-0.15, -0.1) is 11.3 Å². The second-order valence-electron chi connectivity index (χ2n) is 7.25. The van der Waals surface area contributed by atoms with Gasteiger partial charge in [0.1, 0.15) is 0 Å². The monoisotopic (exact) mass is 304 g/mol. The van der Waals surface area contributed by atoms with E-state index in [0.717, 1.165) is 24.5 Å². The molecule has 2 nitrogen and oxygen atoms in total. The molecule has 21 heavy (non-hydrogen) atoms. The molecule has 3 heteroatoms. The Morgan fingerprint density at radius 1 is 1.00 bits per heavy atom. The molecule has 1 atom stereocenters. The zero-order valence-corrected chi connectivity index (χ0v) is 13.8. The lowest BCUT2D eigenvalue weighted by atomic mass is 9.96. The van der Waals surface area contributed by atoms with E-state index in [4.69, 9.17) is 0 Å². The van der Waals surface area contributed by atoms with Gasteiger partial charge >= 0.3 is 0 Å². The van der Waals surface area contributed by atoms with Crippen LogP contribution >= 0.6 is 11.3 Å². The highest BCUT2D eigenvalue weighted by atomic mass is 32.1. The standard InChI is InChI=1S/C18H28N2S/c1-2-5-14(4-1)18-6-3-11-20(18)13-17-10-9-16(21-17)12-19-15-7-8-15/h9-10,14-15,18-19H,1-8,11-13H2. The second kappa shape index (κ2) is 6.39. The van der Waals surface area contributed by atoms with Crippen molar-refractivity contribution in [3.63, 3.8) is 0 Å². The van der Waals surface area contributed by atoms with Crippen molar-refractivity contribution in [1.29, 1.82) is 0 Å². The molecule has 3 aliphatic rings. The van der Waals surface area contributed by atoms with Crippen LogP contribution in [0.25, 0.3) is 0 Å². The van der Waals surface area contributed by atoms with Gasteiger partial charge in [-0.3, -0.25) is 4.90 Å². The summed E-state index contributed by atoms with van der Waals surface area (Å²) in [6.45, 7) is 3.62. The Hall–Kier alpha value is -0.380. The molecule has 116 valence electrons. The molecule has 2 saturated carbocycles. The topological polar surface area (TPSA) is 15.3 Å². The van der Waals surface area contributed by atoms with Crippen LogP contribution in [0.5, 0.6) is 0 Å². The fraction of sp³-hybridized carbons (Fsp3) is 0.778. The van der Waals surface area contributed by atoms with Crippen LogP contribution in [-0.2, 0) is 13.1 Å². The maximum atomic E-state index is 3.63. The third kappa shape index (κ3) is 3.52. The third-order valence-electron chi connectivity index (χ3n) is 5.58. The van der Waals surface area contributed by atoms with Crippen LogP contribution in [0.15, 0.2) is 12.1 Å². The van der Waals surface area contributed by atoms with Crippen LogP contribution in [0.3, 0.4) is 0 Å². The van der Waals surface area contributed by atoms with Crippen LogP contribution < -0.4 is 5.32 Å². The third-order valence-corrected chi connectivity index (χ3v) is 6.65. The Kier molecular flexibility index (Phi) is 4.33. The minimum absolute atomic E-state index is 0.820. The Morgan fingerprint density at radius 2 is 1.81 bits per heavy atom. The second-order valence-corrected chi connectivity index (χ2v) is 8.50. The maximum Gasteiger partial charge on any atom is 0.0331 e. The molecule has 1 aliphatic heterocycles. The van der Waals surface area contributed by atoms with Crippen LogP contribution in [0.1, 0.15) is 61.1 Å². The Bertz CT molecular complexity index is 460. The fourth-order valence-corrected chi connectivity index (χ4v) is 5.25. The molecule has 0 radical (unpaired) electrons. The Balaban J connectivity index is 1.33. The summed E-state index contributed by atoms with van der Waals surface area (Å²) in [5, 5.41) is 3.63. The van der Waals surface area contributed by atoms with E-state index in [1.165, 1.54) is 69.3 Å². The first-order valence-corrected chi connectivity index (χ1v) is 9.75. The van der Waals surface area contributed by atoms with Gasteiger partial charge < -0.3 is 5.32 Å². The van der Waals surface area contributed by atoms with Gasteiger partial charge in [-0.1, -0.05) is 12.8 Å². The van der Waals surface area contributed by atoms with Crippen LogP contribution in [0.2, 0.25) is 0 Å². The van der Waals surface area contributed by atoms with E-state index in [1.807, 2.05) is 11.3 Å². The summed E-state index contributed by atoms with van der Waals surface area (Å²) in [5.74, 6) is 1.00. The lowest BCUT2D eigenvalue weighted by molar-refractivity contribution is 0.184. The summed E-state index contributed by atoms with van der Waals surface area (Å²) in [7, 11) is 0. The molecular formula is C18H28N2S. The summed E-state index contributed by atoms with van der Waals surface area (Å²) < 4.78 is 0. The molecule has 1 saturated heterocycles. The quantitative estimate of drug-likeness (QED) is 0.849. The van der Waals surface area contributed by atoms with E-state index in [0.29, 0.717) is 0 Å². The van der Waals surface area contributed by atoms with Gasteiger partial charge in [-0.25, -0.2) is 0 Å². The van der Waals surface area contributed by atoms with E-state index < -0.39 is 0 Å². The van der Waals surface area contributed by atoms with Crippen LogP contribution in [0, 0.1) is 5.92 Å². The van der Waals surface area contributed by atoms with Crippen molar-refractivity contribution in [2.45, 2.75) is 76.5 Å². The summed E-state index contributed by atoms with van der Waals surface area (Å²) in [5.41, 5.74) is 0. The molecule has 0 bridgehead atoms. The number of likely N-dealkylation sites (tertiary alicyclic amines) is 1. The summed E-state index contributed by atoms with van der Waals surface area (Å²) >= 11 is 2.03. The van der Waals surface area contributed by atoms with Gasteiger partial charge in [0, 0.05) is 34.9 Å². The molecule has 2 aliphatic carbocycles. The van der Waals surface area contributed by atoms with E-state index in [2.05, 4.69) is 22.3 Å².